The van der Waals surface area contributed by atoms with Crippen molar-refractivity contribution in [1.82, 2.24) is 5.32 Å². The van der Waals surface area contributed by atoms with Gasteiger partial charge in [0, 0.05) is 12.1 Å². The van der Waals surface area contributed by atoms with Crippen molar-refractivity contribution >= 4 is 5.91 Å². The highest BCUT2D eigenvalue weighted by molar-refractivity contribution is 5.92. The summed E-state index contributed by atoms with van der Waals surface area (Å²) >= 11 is 0. The molecule has 0 atom stereocenters. The molecule has 0 fully saturated rings. The summed E-state index contributed by atoms with van der Waals surface area (Å²) in [5.41, 5.74) is 1.45. The summed E-state index contributed by atoms with van der Waals surface area (Å²) in [6.45, 7) is 6.12. The number of hydrogen-bond donors (Lipinski definition) is 2. The molecule has 0 spiro atoms. The minimum atomic E-state index is -0.135. The first-order valence-electron chi connectivity index (χ1n) is 5.90. The maximum Gasteiger partial charge on any atom is 0.246 e. The summed E-state index contributed by atoms with van der Waals surface area (Å²) in [6, 6.07) is 4.97. The second-order valence-corrected chi connectivity index (χ2v) is 4.04. The Balaban J connectivity index is 2.58. The highest BCUT2D eigenvalue weighted by atomic mass is 16.5. The zero-order valence-electron chi connectivity index (χ0n) is 10.8. The van der Waals surface area contributed by atoms with E-state index in [9.17, 15) is 9.90 Å². The van der Waals surface area contributed by atoms with Gasteiger partial charge in [-0.15, -0.1) is 0 Å². The average Bonchev–Trinajstić information content (AvgIpc) is 2.37. The van der Waals surface area contributed by atoms with Gasteiger partial charge in [0.25, 0.3) is 0 Å². The van der Waals surface area contributed by atoms with Gasteiger partial charge in [0.2, 0.25) is 5.91 Å². The number of nitrogens with one attached hydrogen (secondary N) is 1. The second kappa shape index (κ2) is 6.69. The minimum Gasteiger partial charge on any atom is -0.504 e. The largest absolute Gasteiger partial charge is 0.504 e. The monoisotopic (exact) mass is 249 g/mol. The van der Waals surface area contributed by atoms with Gasteiger partial charge in [-0.2, -0.15) is 0 Å². The molecule has 98 valence electrons. The summed E-state index contributed by atoms with van der Waals surface area (Å²) in [4.78, 5) is 11.6. The molecule has 18 heavy (non-hydrogen) atoms. The number of hydrogen-bond acceptors (Lipinski definition) is 3. The first-order chi connectivity index (χ1) is 8.58. The zero-order valence-corrected chi connectivity index (χ0v) is 10.8. The summed E-state index contributed by atoms with van der Waals surface area (Å²) in [7, 11) is 1.49. The molecule has 0 heterocycles. The normalized spacial score (nSPS) is 9.89. The molecule has 1 aromatic rings. The Hall–Kier alpha value is -1.97. The molecular formula is C14H19NO3. The van der Waals surface area contributed by atoms with Crippen LogP contribution in [-0.4, -0.2) is 18.1 Å². The van der Waals surface area contributed by atoms with E-state index in [2.05, 4.69) is 11.9 Å². The third kappa shape index (κ3) is 3.80. The van der Waals surface area contributed by atoms with Gasteiger partial charge in [-0.25, -0.2) is 0 Å². The smallest absolute Gasteiger partial charge is 0.246 e. The number of carbonyl (C=O) groups excluding carboxylic acids is 1. The number of phenols is 1. The van der Waals surface area contributed by atoms with Crippen LogP contribution in [0.4, 0.5) is 0 Å². The molecule has 0 radical (unpaired) electrons. The number of methoxy groups -OCH3 is 1. The average molecular weight is 249 g/mol. The van der Waals surface area contributed by atoms with Crippen LogP contribution in [0.3, 0.4) is 0 Å². The standard InChI is InChI=1S/C14H19NO3/c1-4-5-10(2)14(17)15-9-11-6-7-12(16)13(8-11)18-3/h6-8,16H,2,4-5,9H2,1,3H3,(H,15,17). The van der Waals surface area contributed by atoms with E-state index in [1.165, 1.54) is 7.11 Å². The fraction of sp³-hybridized carbons (Fsp3) is 0.357. The fourth-order valence-electron chi connectivity index (χ4n) is 1.55. The van der Waals surface area contributed by atoms with Gasteiger partial charge in [0.05, 0.1) is 7.11 Å². The van der Waals surface area contributed by atoms with E-state index >= 15 is 0 Å². The van der Waals surface area contributed by atoms with E-state index < -0.39 is 0 Å². The molecule has 0 aliphatic rings. The minimum absolute atomic E-state index is 0.0861. The van der Waals surface area contributed by atoms with Crippen molar-refractivity contribution in [2.45, 2.75) is 26.3 Å². The van der Waals surface area contributed by atoms with E-state index in [0.717, 1.165) is 12.0 Å². The van der Waals surface area contributed by atoms with Crippen LogP contribution in [0.2, 0.25) is 0 Å². The molecule has 0 aliphatic heterocycles. The molecule has 0 unspecified atom stereocenters. The molecule has 1 aromatic carbocycles. The van der Waals surface area contributed by atoms with Gasteiger partial charge in [-0.3, -0.25) is 4.79 Å². The third-order valence-corrected chi connectivity index (χ3v) is 2.57. The summed E-state index contributed by atoms with van der Waals surface area (Å²) < 4.78 is 5.00. The molecule has 0 aromatic heterocycles. The predicted octanol–water partition coefficient (Wildman–Crippen LogP) is 2.37. The lowest BCUT2D eigenvalue weighted by molar-refractivity contribution is -0.117. The number of phenolic OH excluding ortho intramolecular Hbond substituents is 1. The fourth-order valence-corrected chi connectivity index (χ4v) is 1.55. The van der Waals surface area contributed by atoms with Crippen LogP contribution in [0.5, 0.6) is 11.5 Å². The Morgan fingerprint density at radius 1 is 1.50 bits per heavy atom. The quantitative estimate of drug-likeness (QED) is 0.761. The Morgan fingerprint density at radius 3 is 2.83 bits per heavy atom. The molecule has 1 amide bonds. The van der Waals surface area contributed by atoms with E-state index in [-0.39, 0.29) is 11.7 Å². The molecule has 0 saturated carbocycles. The third-order valence-electron chi connectivity index (χ3n) is 2.57. The van der Waals surface area contributed by atoms with E-state index in [1.54, 1.807) is 18.2 Å². The van der Waals surface area contributed by atoms with Crippen molar-refractivity contribution in [1.29, 1.82) is 0 Å². The molecule has 4 heteroatoms. The van der Waals surface area contributed by atoms with Crippen LogP contribution < -0.4 is 10.1 Å². The Morgan fingerprint density at radius 2 is 2.22 bits per heavy atom. The van der Waals surface area contributed by atoms with Gasteiger partial charge in [0.1, 0.15) is 0 Å². The van der Waals surface area contributed by atoms with Crippen LogP contribution in [0.25, 0.3) is 0 Å². The Kier molecular flexibility index (Phi) is 5.24. The van der Waals surface area contributed by atoms with Crippen LogP contribution in [0.15, 0.2) is 30.4 Å². The first kappa shape index (κ1) is 14.1. The van der Waals surface area contributed by atoms with Gasteiger partial charge in [-0.1, -0.05) is 26.0 Å². The predicted molar refractivity (Wildman–Crippen MR) is 70.6 cm³/mol. The Labute approximate surface area is 107 Å². The molecular weight excluding hydrogens is 230 g/mol. The lowest BCUT2D eigenvalue weighted by Crippen LogP contribution is -2.24. The summed E-state index contributed by atoms with van der Waals surface area (Å²) in [5.74, 6) is 0.348. The van der Waals surface area contributed by atoms with Crippen molar-refractivity contribution < 1.29 is 14.6 Å². The first-order valence-corrected chi connectivity index (χ1v) is 5.90. The number of aromatic hydroxyl groups is 1. The van der Waals surface area contributed by atoms with Crippen LogP contribution in [-0.2, 0) is 11.3 Å². The van der Waals surface area contributed by atoms with Crippen molar-refractivity contribution in [2.75, 3.05) is 7.11 Å². The van der Waals surface area contributed by atoms with Gasteiger partial charge >= 0.3 is 0 Å². The molecule has 0 aliphatic carbocycles. The second-order valence-electron chi connectivity index (χ2n) is 4.04. The molecule has 0 saturated heterocycles. The molecule has 2 N–H and O–H groups in total. The number of ether oxygens (including phenoxy) is 1. The van der Waals surface area contributed by atoms with Crippen molar-refractivity contribution in [2.24, 2.45) is 0 Å². The number of carbonyl (C=O) groups is 1. The maximum absolute atomic E-state index is 11.6. The lowest BCUT2D eigenvalue weighted by atomic mass is 10.1. The lowest BCUT2D eigenvalue weighted by Gasteiger charge is -2.09. The summed E-state index contributed by atoms with van der Waals surface area (Å²) in [6.07, 6.45) is 1.60. The van der Waals surface area contributed by atoms with Crippen LogP contribution in [0.1, 0.15) is 25.3 Å². The topological polar surface area (TPSA) is 58.6 Å². The van der Waals surface area contributed by atoms with Crippen molar-refractivity contribution in [3.8, 4) is 11.5 Å². The highest BCUT2D eigenvalue weighted by Gasteiger charge is 2.07. The number of benzene rings is 1. The number of rotatable bonds is 6. The Bertz CT molecular complexity index is 441. The summed E-state index contributed by atoms with van der Waals surface area (Å²) in [5, 5.41) is 12.2. The SMILES string of the molecule is C=C(CCC)C(=O)NCc1ccc(O)c(OC)c1. The van der Waals surface area contributed by atoms with E-state index in [1.807, 2.05) is 6.92 Å². The van der Waals surface area contributed by atoms with E-state index in [0.29, 0.717) is 24.3 Å². The van der Waals surface area contributed by atoms with Crippen molar-refractivity contribution in [3.05, 3.63) is 35.9 Å². The van der Waals surface area contributed by atoms with Crippen LogP contribution in [0, 0.1) is 0 Å². The zero-order chi connectivity index (χ0) is 13.5. The van der Waals surface area contributed by atoms with Crippen molar-refractivity contribution in [3.63, 3.8) is 0 Å². The number of amides is 1. The highest BCUT2D eigenvalue weighted by Crippen LogP contribution is 2.26. The van der Waals surface area contributed by atoms with Gasteiger partial charge < -0.3 is 15.2 Å². The molecule has 0 bridgehead atoms. The van der Waals surface area contributed by atoms with E-state index in [4.69, 9.17) is 4.74 Å². The maximum atomic E-state index is 11.6. The van der Waals surface area contributed by atoms with Crippen LogP contribution >= 0.6 is 0 Å². The van der Waals surface area contributed by atoms with Gasteiger partial charge in [0.15, 0.2) is 11.5 Å². The van der Waals surface area contributed by atoms with Gasteiger partial charge in [-0.05, 0) is 24.1 Å². The molecule has 4 nitrogen and oxygen atoms in total. The molecule has 1 rings (SSSR count).